The molecular formula is C14H9Cl3N2S. The van der Waals surface area contributed by atoms with E-state index in [0.717, 1.165) is 16.6 Å². The van der Waals surface area contributed by atoms with E-state index in [1.54, 1.807) is 12.1 Å². The molecule has 1 heterocycles. The lowest BCUT2D eigenvalue weighted by Gasteiger charge is -2.10. The van der Waals surface area contributed by atoms with E-state index in [9.17, 15) is 0 Å². The van der Waals surface area contributed by atoms with Crippen LogP contribution in [0.1, 0.15) is 5.56 Å². The first-order chi connectivity index (χ1) is 9.49. The van der Waals surface area contributed by atoms with Crippen molar-refractivity contribution in [3.8, 4) is 5.69 Å². The number of aromatic amines is 1. The topological polar surface area (TPSA) is 20.7 Å². The van der Waals surface area contributed by atoms with Gasteiger partial charge in [-0.2, -0.15) is 0 Å². The van der Waals surface area contributed by atoms with Gasteiger partial charge in [-0.3, -0.25) is 4.57 Å². The zero-order valence-electron chi connectivity index (χ0n) is 10.4. The van der Waals surface area contributed by atoms with E-state index in [1.807, 2.05) is 29.7 Å². The molecule has 0 unspecified atom stereocenters. The summed E-state index contributed by atoms with van der Waals surface area (Å²) in [6.45, 7) is 2.02. The average Bonchev–Trinajstić information content (AvgIpc) is 2.71. The van der Waals surface area contributed by atoms with Crippen molar-refractivity contribution in [2.24, 2.45) is 0 Å². The molecular weight excluding hydrogens is 335 g/mol. The number of nitrogens with one attached hydrogen (secondary N) is 1. The number of H-pyrrole nitrogens is 1. The second kappa shape index (κ2) is 5.08. The summed E-state index contributed by atoms with van der Waals surface area (Å²) in [4.78, 5) is 3.17. The summed E-state index contributed by atoms with van der Waals surface area (Å²) in [5.74, 6) is 0. The number of rotatable bonds is 1. The van der Waals surface area contributed by atoms with Crippen LogP contribution in [0.5, 0.6) is 0 Å². The number of aryl methyl sites for hydroxylation is 1. The lowest BCUT2D eigenvalue weighted by Crippen LogP contribution is -1.97. The molecule has 1 aromatic heterocycles. The van der Waals surface area contributed by atoms with Crippen LogP contribution in [-0.2, 0) is 0 Å². The number of hydrogen-bond acceptors (Lipinski definition) is 1. The minimum atomic E-state index is 0.420. The van der Waals surface area contributed by atoms with Gasteiger partial charge in [-0.15, -0.1) is 0 Å². The van der Waals surface area contributed by atoms with Gasteiger partial charge in [-0.1, -0.05) is 46.9 Å². The smallest absolute Gasteiger partial charge is 0.182 e. The lowest BCUT2D eigenvalue weighted by atomic mass is 10.2. The second-order valence-corrected chi connectivity index (χ2v) is 6.06. The van der Waals surface area contributed by atoms with Crippen molar-refractivity contribution in [1.29, 1.82) is 0 Å². The van der Waals surface area contributed by atoms with Gasteiger partial charge >= 0.3 is 0 Å². The van der Waals surface area contributed by atoms with E-state index in [2.05, 4.69) is 4.98 Å². The molecule has 3 rings (SSSR count). The van der Waals surface area contributed by atoms with Gasteiger partial charge in [0.2, 0.25) is 0 Å². The van der Waals surface area contributed by atoms with Crippen LogP contribution >= 0.6 is 47.0 Å². The van der Waals surface area contributed by atoms with Crippen LogP contribution in [0, 0.1) is 11.7 Å². The van der Waals surface area contributed by atoms with Crippen LogP contribution in [0.25, 0.3) is 16.7 Å². The summed E-state index contributed by atoms with van der Waals surface area (Å²) >= 11 is 23.8. The summed E-state index contributed by atoms with van der Waals surface area (Å²) in [5, 5.41) is 1.36. The Balaban J connectivity index is 2.44. The molecule has 2 aromatic carbocycles. The zero-order chi connectivity index (χ0) is 14.4. The Kier molecular flexibility index (Phi) is 3.55. The highest BCUT2D eigenvalue weighted by molar-refractivity contribution is 7.71. The van der Waals surface area contributed by atoms with Crippen molar-refractivity contribution in [2.75, 3.05) is 0 Å². The summed E-state index contributed by atoms with van der Waals surface area (Å²) in [7, 11) is 0. The maximum atomic E-state index is 6.29. The van der Waals surface area contributed by atoms with Crippen molar-refractivity contribution >= 4 is 58.1 Å². The number of hydrogen-bond donors (Lipinski definition) is 1. The van der Waals surface area contributed by atoms with Gasteiger partial charge < -0.3 is 4.98 Å². The van der Waals surface area contributed by atoms with E-state index in [4.69, 9.17) is 47.0 Å². The molecule has 1 N–H and O–H groups in total. The van der Waals surface area contributed by atoms with Gasteiger partial charge in [-0.25, -0.2) is 0 Å². The molecule has 0 amide bonds. The molecule has 0 saturated heterocycles. The van der Waals surface area contributed by atoms with Gasteiger partial charge in [0.15, 0.2) is 4.77 Å². The number of para-hydroxylation sites is 1. The molecule has 0 saturated carbocycles. The molecule has 6 heteroatoms. The second-order valence-electron chi connectivity index (χ2n) is 4.45. The summed E-state index contributed by atoms with van der Waals surface area (Å²) in [6.07, 6.45) is 0. The van der Waals surface area contributed by atoms with Crippen LogP contribution in [0.15, 0.2) is 30.3 Å². The third-order valence-corrected chi connectivity index (χ3v) is 4.45. The Bertz CT molecular complexity index is 880. The van der Waals surface area contributed by atoms with E-state index in [-0.39, 0.29) is 0 Å². The molecule has 0 radical (unpaired) electrons. The standard InChI is InChI=1S/C14H9Cl3N2S/c1-7-3-2-4-11-13(7)19(14(20)18-11)12-6-9(16)8(15)5-10(12)17/h2-6H,1H3,(H,18,20). The monoisotopic (exact) mass is 342 g/mol. The highest BCUT2D eigenvalue weighted by atomic mass is 35.5. The Morgan fingerprint density at radius 1 is 1.05 bits per heavy atom. The number of fused-ring (bicyclic) bond motifs is 1. The highest BCUT2D eigenvalue weighted by Gasteiger charge is 2.13. The van der Waals surface area contributed by atoms with Crippen LogP contribution in [0.2, 0.25) is 15.1 Å². The third-order valence-electron chi connectivity index (χ3n) is 3.14. The number of benzene rings is 2. The molecule has 0 aliphatic rings. The van der Waals surface area contributed by atoms with E-state index < -0.39 is 0 Å². The van der Waals surface area contributed by atoms with Gasteiger partial charge in [0.25, 0.3) is 0 Å². The minimum Gasteiger partial charge on any atom is -0.330 e. The molecule has 0 aliphatic heterocycles. The van der Waals surface area contributed by atoms with E-state index >= 15 is 0 Å². The number of nitrogens with zero attached hydrogens (tertiary/aromatic N) is 1. The maximum Gasteiger partial charge on any atom is 0.182 e. The Labute approximate surface area is 135 Å². The Morgan fingerprint density at radius 3 is 2.50 bits per heavy atom. The van der Waals surface area contributed by atoms with Crippen molar-refractivity contribution in [1.82, 2.24) is 9.55 Å². The van der Waals surface area contributed by atoms with Crippen LogP contribution in [-0.4, -0.2) is 9.55 Å². The molecule has 0 atom stereocenters. The normalized spacial score (nSPS) is 11.2. The van der Waals surface area contributed by atoms with Crippen molar-refractivity contribution in [3.63, 3.8) is 0 Å². The molecule has 0 fully saturated rings. The fourth-order valence-corrected chi connectivity index (χ4v) is 3.17. The van der Waals surface area contributed by atoms with Crippen molar-refractivity contribution < 1.29 is 0 Å². The van der Waals surface area contributed by atoms with Crippen LogP contribution < -0.4 is 0 Å². The summed E-state index contributed by atoms with van der Waals surface area (Å²) < 4.78 is 2.44. The molecule has 20 heavy (non-hydrogen) atoms. The van der Waals surface area contributed by atoms with Gasteiger partial charge in [0, 0.05) is 0 Å². The molecule has 2 nitrogen and oxygen atoms in total. The van der Waals surface area contributed by atoms with Crippen molar-refractivity contribution in [3.05, 3.63) is 55.7 Å². The largest absolute Gasteiger partial charge is 0.330 e. The third kappa shape index (κ3) is 2.15. The highest BCUT2D eigenvalue weighted by Crippen LogP contribution is 2.33. The van der Waals surface area contributed by atoms with E-state index in [0.29, 0.717) is 25.5 Å². The molecule has 3 aromatic rings. The van der Waals surface area contributed by atoms with Crippen molar-refractivity contribution in [2.45, 2.75) is 6.92 Å². The van der Waals surface area contributed by atoms with Gasteiger partial charge in [-0.05, 0) is 42.9 Å². The molecule has 0 bridgehead atoms. The van der Waals surface area contributed by atoms with E-state index in [1.165, 1.54) is 0 Å². The number of aromatic nitrogens is 2. The van der Waals surface area contributed by atoms with Gasteiger partial charge in [0.05, 0.1) is 31.8 Å². The molecule has 0 spiro atoms. The first-order valence-electron chi connectivity index (χ1n) is 5.84. The quantitative estimate of drug-likeness (QED) is 0.427. The fraction of sp³-hybridized carbons (Fsp3) is 0.0714. The first-order valence-corrected chi connectivity index (χ1v) is 7.38. The first kappa shape index (κ1) is 14.0. The lowest BCUT2D eigenvalue weighted by molar-refractivity contribution is 1.06. The SMILES string of the molecule is Cc1cccc2[nH]c(=S)n(-c3cc(Cl)c(Cl)cc3Cl)c12. The summed E-state index contributed by atoms with van der Waals surface area (Å²) in [5.41, 5.74) is 3.75. The summed E-state index contributed by atoms with van der Waals surface area (Å²) in [6, 6.07) is 9.32. The fourth-order valence-electron chi connectivity index (χ4n) is 2.24. The predicted octanol–water partition coefficient (Wildman–Crippen LogP) is 5.96. The van der Waals surface area contributed by atoms with Gasteiger partial charge in [0.1, 0.15) is 0 Å². The number of halogens is 3. The van der Waals surface area contributed by atoms with Crippen LogP contribution in [0.3, 0.4) is 0 Å². The average molecular weight is 344 g/mol. The number of imidazole rings is 1. The minimum absolute atomic E-state index is 0.420. The predicted molar refractivity (Wildman–Crippen MR) is 88.2 cm³/mol. The Hall–Kier alpha value is -1.000. The zero-order valence-corrected chi connectivity index (χ0v) is 13.5. The Morgan fingerprint density at radius 2 is 1.75 bits per heavy atom. The molecule has 102 valence electrons. The molecule has 0 aliphatic carbocycles. The maximum absolute atomic E-state index is 6.29. The van der Waals surface area contributed by atoms with Crippen LogP contribution in [0.4, 0.5) is 0 Å².